The largest absolute Gasteiger partial charge is 0.417 e. The number of halogens is 4. The van der Waals surface area contributed by atoms with E-state index >= 15 is 0 Å². The number of piperidine rings is 1. The lowest BCUT2D eigenvalue weighted by Crippen LogP contribution is -2.50. The Morgan fingerprint density at radius 1 is 0.917 bits per heavy atom. The molecule has 1 aliphatic heterocycles. The summed E-state index contributed by atoms with van der Waals surface area (Å²) in [6.07, 6.45) is -2.63. The van der Waals surface area contributed by atoms with E-state index < -0.39 is 60.3 Å². The predicted octanol–water partition coefficient (Wildman–Crippen LogP) is 3.71. The normalized spacial score (nSPS) is 18.0. The molecule has 4 rings (SSSR count). The molecular weight excluding hydrogens is 524 g/mol. The number of hydrogen-bond acceptors (Lipinski definition) is 5. The van der Waals surface area contributed by atoms with Gasteiger partial charge < -0.3 is 4.90 Å². The lowest BCUT2D eigenvalue weighted by molar-refractivity contribution is -0.139. The first-order chi connectivity index (χ1) is 16.7. The van der Waals surface area contributed by atoms with Crippen molar-refractivity contribution in [1.82, 2.24) is 9.21 Å². The predicted molar refractivity (Wildman–Crippen MR) is 122 cm³/mol. The summed E-state index contributed by atoms with van der Waals surface area (Å²) in [5.74, 6) is -1.49. The Labute approximate surface area is 206 Å². The maximum absolute atomic E-state index is 13.8. The van der Waals surface area contributed by atoms with E-state index in [1.807, 2.05) is 0 Å². The molecule has 1 heterocycles. The number of carbonyl (C=O) groups excluding carboxylic acids is 1. The minimum Gasteiger partial charge on any atom is -0.338 e. The van der Waals surface area contributed by atoms with Crippen molar-refractivity contribution in [2.24, 2.45) is 0 Å². The maximum atomic E-state index is 13.8. The van der Waals surface area contributed by atoms with Gasteiger partial charge in [-0.2, -0.15) is 17.5 Å². The van der Waals surface area contributed by atoms with Gasteiger partial charge in [0.25, 0.3) is 5.91 Å². The summed E-state index contributed by atoms with van der Waals surface area (Å²) in [5, 5.41) is 0. The molecule has 0 bridgehead atoms. The fraction of sp³-hybridized carbons (Fsp3) is 0.435. The van der Waals surface area contributed by atoms with E-state index in [2.05, 4.69) is 0 Å². The van der Waals surface area contributed by atoms with E-state index in [-0.39, 0.29) is 36.4 Å². The lowest BCUT2D eigenvalue weighted by Gasteiger charge is -2.38. The molecule has 1 amide bonds. The van der Waals surface area contributed by atoms with Gasteiger partial charge in [-0.3, -0.25) is 4.79 Å². The quantitative estimate of drug-likeness (QED) is 0.406. The summed E-state index contributed by atoms with van der Waals surface area (Å²) < 4.78 is 107. The number of carbonyl (C=O) groups is 1. The van der Waals surface area contributed by atoms with Crippen molar-refractivity contribution in [3.05, 3.63) is 59.4 Å². The highest BCUT2D eigenvalue weighted by Crippen LogP contribution is 2.41. The Morgan fingerprint density at radius 3 is 2.06 bits per heavy atom. The van der Waals surface area contributed by atoms with Crippen LogP contribution in [-0.4, -0.2) is 63.4 Å². The molecule has 0 N–H and O–H groups in total. The minimum atomic E-state index is -4.85. The molecule has 13 heteroatoms. The summed E-state index contributed by atoms with van der Waals surface area (Å²) in [6, 6.07) is 5.79. The van der Waals surface area contributed by atoms with Gasteiger partial charge in [-0.05, 0) is 56.0 Å². The zero-order valence-electron chi connectivity index (χ0n) is 19.2. The number of sulfonamides is 1. The average Bonchev–Trinajstić information content (AvgIpc) is 3.62. The van der Waals surface area contributed by atoms with Gasteiger partial charge in [0.2, 0.25) is 10.0 Å². The summed E-state index contributed by atoms with van der Waals surface area (Å²) >= 11 is 0. The van der Waals surface area contributed by atoms with Gasteiger partial charge in [-0.15, -0.1) is 0 Å². The first-order valence-corrected chi connectivity index (χ1v) is 14.5. The first-order valence-electron chi connectivity index (χ1n) is 11.2. The second kappa shape index (κ2) is 9.42. The molecule has 196 valence electrons. The Bertz CT molecular complexity index is 1380. The van der Waals surface area contributed by atoms with Gasteiger partial charge in [0.15, 0.2) is 9.84 Å². The van der Waals surface area contributed by atoms with Crippen LogP contribution in [0.5, 0.6) is 0 Å². The molecule has 2 aliphatic rings. The highest BCUT2D eigenvalue weighted by Gasteiger charge is 2.47. The van der Waals surface area contributed by atoms with Gasteiger partial charge >= 0.3 is 6.18 Å². The molecule has 2 fully saturated rings. The number of rotatable bonds is 6. The zero-order chi connectivity index (χ0) is 26.5. The molecule has 2 aromatic rings. The summed E-state index contributed by atoms with van der Waals surface area (Å²) in [5.41, 5.74) is -1.55. The van der Waals surface area contributed by atoms with Crippen LogP contribution in [0, 0.1) is 5.82 Å². The molecule has 0 atom stereocenters. The smallest absolute Gasteiger partial charge is 0.338 e. The molecule has 2 aromatic carbocycles. The average molecular weight is 549 g/mol. The molecule has 36 heavy (non-hydrogen) atoms. The van der Waals surface area contributed by atoms with Crippen molar-refractivity contribution in [3.8, 4) is 0 Å². The number of amides is 1. The Balaban J connectivity index is 1.58. The van der Waals surface area contributed by atoms with Crippen LogP contribution in [-0.2, 0) is 26.0 Å². The summed E-state index contributed by atoms with van der Waals surface area (Å²) in [4.78, 5) is 13.2. The third-order valence-electron chi connectivity index (χ3n) is 6.34. The topological polar surface area (TPSA) is 91.8 Å². The second-order valence-electron chi connectivity index (χ2n) is 9.00. The van der Waals surface area contributed by atoms with Gasteiger partial charge in [-0.1, -0.05) is 12.1 Å². The third-order valence-corrected chi connectivity index (χ3v) is 9.56. The van der Waals surface area contributed by atoms with Crippen LogP contribution in [0.2, 0.25) is 0 Å². The molecule has 0 spiro atoms. The summed E-state index contributed by atoms with van der Waals surface area (Å²) in [6.45, 7) is 0.0613. The van der Waals surface area contributed by atoms with Crippen molar-refractivity contribution in [2.75, 3.05) is 19.3 Å². The van der Waals surface area contributed by atoms with Crippen LogP contribution in [0.4, 0.5) is 17.6 Å². The van der Waals surface area contributed by atoms with Crippen LogP contribution in [0.1, 0.15) is 41.6 Å². The van der Waals surface area contributed by atoms with E-state index in [9.17, 15) is 39.2 Å². The summed E-state index contributed by atoms with van der Waals surface area (Å²) in [7, 11) is -8.31. The van der Waals surface area contributed by atoms with Crippen LogP contribution < -0.4 is 0 Å². The third kappa shape index (κ3) is 5.28. The Morgan fingerprint density at radius 2 is 1.50 bits per heavy atom. The van der Waals surface area contributed by atoms with E-state index in [1.54, 1.807) is 0 Å². The van der Waals surface area contributed by atoms with Gasteiger partial charge in [-0.25, -0.2) is 21.2 Å². The van der Waals surface area contributed by atoms with Crippen LogP contribution >= 0.6 is 0 Å². The highest BCUT2D eigenvalue weighted by atomic mass is 32.2. The van der Waals surface area contributed by atoms with Crippen molar-refractivity contribution < 1.29 is 39.2 Å². The lowest BCUT2D eigenvalue weighted by atomic mass is 10.0. The van der Waals surface area contributed by atoms with Crippen molar-refractivity contribution in [3.63, 3.8) is 0 Å². The molecule has 7 nitrogen and oxygen atoms in total. The molecule has 0 unspecified atom stereocenters. The van der Waals surface area contributed by atoms with Crippen molar-refractivity contribution in [1.29, 1.82) is 0 Å². The number of likely N-dealkylation sites (tertiary alicyclic amines) is 1. The maximum Gasteiger partial charge on any atom is 0.417 e. The number of nitrogens with zero attached hydrogens (tertiary/aromatic N) is 2. The van der Waals surface area contributed by atoms with Gasteiger partial charge in [0.1, 0.15) is 5.82 Å². The van der Waals surface area contributed by atoms with Crippen LogP contribution in [0.15, 0.2) is 52.3 Å². The molecule has 1 saturated carbocycles. The Hall–Kier alpha value is -2.51. The number of hydrogen-bond donors (Lipinski definition) is 0. The second-order valence-corrected chi connectivity index (χ2v) is 12.8. The van der Waals surface area contributed by atoms with Gasteiger partial charge in [0.05, 0.1) is 20.9 Å². The highest BCUT2D eigenvalue weighted by molar-refractivity contribution is 7.90. The fourth-order valence-electron chi connectivity index (χ4n) is 4.55. The minimum absolute atomic E-state index is 0.0306. The molecular formula is C23H24F4N2O5S2. The van der Waals surface area contributed by atoms with Gasteiger partial charge in [0, 0.05) is 31.4 Å². The standard InChI is InChI=1S/C23H24F4N2O5S2/c1-35(31,32)20-9-6-15(24)14-18(20)22(30)28-12-10-17(11-13-28)29(16-7-8-16)36(33,34)21-5-3-2-4-19(21)23(25,26)27/h2-6,9,14,16-17H,7-8,10-13H2,1H3. The van der Waals surface area contributed by atoms with Crippen LogP contribution in [0.25, 0.3) is 0 Å². The first kappa shape index (κ1) is 26.6. The van der Waals surface area contributed by atoms with E-state index in [4.69, 9.17) is 0 Å². The van der Waals surface area contributed by atoms with E-state index in [0.717, 1.165) is 47.0 Å². The van der Waals surface area contributed by atoms with E-state index in [0.29, 0.717) is 12.8 Å². The monoisotopic (exact) mass is 548 g/mol. The Kier molecular flexibility index (Phi) is 6.95. The van der Waals surface area contributed by atoms with E-state index in [1.165, 1.54) is 11.0 Å². The van der Waals surface area contributed by atoms with Crippen molar-refractivity contribution >= 4 is 25.8 Å². The number of sulfone groups is 1. The molecule has 1 aliphatic carbocycles. The number of benzene rings is 2. The van der Waals surface area contributed by atoms with Crippen LogP contribution in [0.3, 0.4) is 0 Å². The van der Waals surface area contributed by atoms with Crippen molar-refractivity contribution in [2.45, 2.75) is 53.7 Å². The number of alkyl halides is 3. The molecule has 0 radical (unpaired) electrons. The zero-order valence-corrected chi connectivity index (χ0v) is 20.8. The fourth-order valence-corrected chi connectivity index (χ4v) is 7.55. The SMILES string of the molecule is CS(=O)(=O)c1ccc(F)cc1C(=O)N1CCC(N(C2CC2)S(=O)(=O)c2ccccc2C(F)(F)F)CC1. The molecule has 1 saturated heterocycles. The molecule has 0 aromatic heterocycles.